The number of halogens is 1. The van der Waals surface area contributed by atoms with Crippen molar-refractivity contribution in [2.24, 2.45) is 0 Å². The Bertz CT molecular complexity index is 1360. The van der Waals surface area contributed by atoms with Crippen LogP contribution in [0.3, 0.4) is 0 Å². The van der Waals surface area contributed by atoms with Crippen molar-refractivity contribution in [3.8, 4) is 0 Å². The number of nitrogens with one attached hydrogen (secondary N) is 1. The second-order valence-corrected chi connectivity index (χ2v) is 9.71. The molecule has 9 nitrogen and oxygen atoms in total. The summed E-state index contributed by atoms with van der Waals surface area (Å²) in [5.41, 5.74) is 8.62. The van der Waals surface area contributed by atoms with Gasteiger partial charge < -0.3 is 29.8 Å². The topological polar surface area (TPSA) is 109 Å². The number of nitrogens with two attached hydrogens (primary N) is 1. The van der Waals surface area contributed by atoms with Crippen molar-refractivity contribution in [2.45, 2.75) is 44.2 Å². The van der Waals surface area contributed by atoms with Gasteiger partial charge in [-0.25, -0.2) is 9.97 Å². The Hall–Kier alpha value is -2.79. The Morgan fingerprint density at radius 2 is 1.97 bits per heavy atom. The van der Waals surface area contributed by atoms with Crippen molar-refractivity contribution in [1.29, 1.82) is 0 Å². The lowest BCUT2D eigenvalue weighted by Gasteiger charge is -2.25. The van der Waals surface area contributed by atoms with E-state index in [1.807, 2.05) is 54.9 Å². The zero-order valence-corrected chi connectivity index (χ0v) is 19.7. The SMILES string of the molecule is CC1(C)O[C@@H]2[C@H](O1)[C@@H](CNc1ccc3cc(Br)cnc3c1)O[C@H]2n1ccc2c(N)ncnc21. The highest BCUT2D eigenvalue weighted by atomic mass is 79.9. The minimum atomic E-state index is -0.702. The van der Waals surface area contributed by atoms with Crippen LogP contribution in [0.2, 0.25) is 0 Å². The maximum atomic E-state index is 6.47. The molecular weight excluding hydrogens is 488 g/mol. The van der Waals surface area contributed by atoms with Crippen LogP contribution in [0.25, 0.3) is 21.9 Å². The molecule has 5 heterocycles. The van der Waals surface area contributed by atoms with E-state index in [1.165, 1.54) is 6.33 Å². The van der Waals surface area contributed by atoms with Gasteiger partial charge >= 0.3 is 0 Å². The number of pyridine rings is 1. The van der Waals surface area contributed by atoms with Crippen LogP contribution >= 0.6 is 15.9 Å². The number of rotatable bonds is 4. The first-order valence-electron chi connectivity index (χ1n) is 10.8. The van der Waals surface area contributed by atoms with E-state index in [2.05, 4.69) is 36.2 Å². The van der Waals surface area contributed by atoms with Gasteiger partial charge in [0.2, 0.25) is 0 Å². The molecule has 33 heavy (non-hydrogen) atoms. The first kappa shape index (κ1) is 20.8. The molecule has 0 unspecified atom stereocenters. The fourth-order valence-electron chi connectivity index (χ4n) is 4.67. The minimum absolute atomic E-state index is 0.230. The molecule has 2 aliphatic heterocycles. The normalized spacial score (nSPS) is 26.2. The number of hydrogen-bond donors (Lipinski definition) is 2. The summed E-state index contributed by atoms with van der Waals surface area (Å²) in [6.45, 7) is 4.40. The molecule has 0 aliphatic carbocycles. The molecule has 0 bridgehead atoms. The van der Waals surface area contributed by atoms with E-state index in [-0.39, 0.29) is 18.3 Å². The Balaban J connectivity index is 1.27. The van der Waals surface area contributed by atoms with Crippen molar-refractivity contribution in [1.82, 2.24) is 19.5 Å². The largest absolute Gasteiger partial charge is 0.383 e. The van der Waals surface area contributed by atoms with Crippen molar-refractivity contribution >= 4 is 49.4 Å². The smallest absolute Gasteiger partial charge is 0.164 e. The Kier molecular flexibility index (Phi) is 4.80. The summed E-state index contributed by atoms with van der Waals surface area (Å²) >= 11 is 3.47. The number of anilines is 2. The highest BCUT2D eigenvalue weighted by molar-refractivity contribution is 9.10. The van der Waals surface area contributed by atoms with Crippen LogP contribution < -0.4 is 11.1 Å². The molecule has 0 radical (unpaired) electrons. The molecule has 0 saturated carbocycles. The molecule has 2 fully saturated rings. The van der Waals surface area contributed by atoms with Crippen LogP contribution in [0.5, 0.6) is 0 Å². The lowest BCUT2D eigenvalue weighted by molar-refractivity contribution is -0.194. The third-order valence-electron chi connectivity index (χ3n) is 6.10. The monoisotopic (exact) mass is 510 g/mol. The van der Waals surface area contributed by atoms with Gasteiger partial charge in [0.1, 0.15) is 36.1 Å². The van der Waals surface area contributed by atoms with Gasteiger partial charge in [-0.15, -0.1) is 0 Å². The maximum absolute atomic E-state index is 6.47. The van der Waals surface area contributed by atoms with Gasteiger partial charge in [-0.1, -0.05) is 6.07 Å². The first-order valence-corrected chi connectivity index (χ1v) is 11.5. The van der Waals surface area contributed by atoms with E-state index in [0.29, 0.717) is 18.0 Å². The molecule has 10 heteroatoms. The van der Waals surface area contributed by atoms with Crippen molar-refractivity contribution < 1.29 is 14.2 Å². The number of nitrogens with zero attached hydrogens (tertiary/aromatic N) is 4. The number of nitrogen functional groups attached to an aromatic ring is 1. The molecule has 3 N–H and O–H groups in total. The highest BCUT2D eigenvalue weighted by Crippen LogP contribution is 2.44. The third-order valence-corrected chi connectivity index (χ3v) is 6.53. The molecular formula is C23H23BrN6O3. The number of hydrogen-bond acceptors (Lipinski definition) is 8. The summed E-state index contributed by atoms with van der Waals surface area (Å²) in [4.78, 5) is 13.0. The van der Waals surface area contributed by atoms with Gasteiger partial charge in [0.05, 0.1) is 10.9 Å². The van der Waals surface area contributed by atoms with E-state index in [0.717, 1.165) is 26.4 Å². The maximum Gasteiger partial charge on any atom is 0.164 e. The Labute approximate surface area is 198 Å². The van der Waals surface area contributed by atoms with Gasteiger partial charge in [-0.3, -0.25) is 4.98 Å². The second-order valence-electron chi connectivity index (χ2n) is 8.79. The van der Waals surface area contributed by atoms with E-state index >= 15 is 0 Å². The van der Waals surface area contributed by atoms with Crippen molar-refractivity contribution in [3.05, 3.63) is 53.5 Å². The molecule has 4 aromatic rings. The lowest BCUT2D eigenvalue weighted by Crippen LogP contribution is -2.34. The van der Waals surface area contributed by atoms with E-state index in [1.54, 1.807) is 6.20 Å². The molecule has 170 valence electrons. The minimum Gasteiger partial charge on any atom is -0.383 e. The van der Waals surface area contributed by atoms with Gasteiger partial charge in [-0.2, -0.15) is 0 Å². The summed E-state index contributed by atoms with van der Waals surface area (Å²) in [5, 5.41) is 5.33. The number of ether oxygens (including phenoxy) is 3. The first-order chi connectivity index (χ1) is 15.9. The number of benzene rings is 1. The quantitative estimate of drug-likeness (QED) is 0.425. The molecule has 2 aliphatic rings. The summed E-state index contributed by atoms with van der Waals surface area (Å²) in [6.07, 6.45) is 4.03. The zero-order valence-electron chi connectivity index (χ0n) is 18.1. The van der Waals surface area contributed by atoms with Crippen LogP contribution in [0.15, 0.2) is 53.5 Å². The average Bonchev–Trinajstić information content (AvgIpc) is 3.44. The van der Waals surface area contributed by atoms with Crippen LogP contribution in [-0.2, 0) is 14.2 Å². The Morgan fingerprint density at radius 3 is 2.85 bits per heavy atom. The van der Waals surface area contributed by atoms with Crippen LogP contribution in [0.1, 0.15) is 20.1 Å². The number of fused-ring (bicyclic) bond motifs is 3. The standard InChI is InChI=1S/C23H23BrN6O3/c1-23(2)32-18-17(10-26-14-4-3-12-7-13(24)9-27-16(12)8-14)31-22(19(18)33-23)30-6-5-15-20(25)28-11-29-21(15)30/h3-9,11,17-19,22,26H,10H2,1-2H3,(H2,25,28,29)/t17-,18-,19-,22-/m1/s1. The zero-order chi connectivity index (χ0) is 22.7. The van der Waals surface area contributed by atoms with E-state index in [9.17, 15) is 0 Å². The molecule has 6 rings (SSSR count). The Morgan fingerprint density at radius 1 is 1.12 bits per heavy atom. The fraction of sp³-hybridized carbons (Fsp3) is 0.348. The van der Waals surface area contributed by atoms with Gasteiger partial charge in [0, 0.05) is 34.5 Å². The molecule has 0 spiro atoms. The summed E-state index contributed by atoms with van der Waals surface area (Å²) < 4.78 is 21.9. The van der Waals surface area contributed by atoms with E-state index in [4.69, 9.17) is 19.9 Å². The van der Waals surface area contributed by atoms with Gasteiger partial charge in [0.15, 0.2) is 12.0 Å². The number of aromatic nitrogens is 4. The fourth-order valence-corrected chi connectivity index (χ4v) is 5.02. The van der Waals surface area contributed by atoms with Gasteiger partial charge in [0.25, 0.3) is 0 Å². The molecule has 0 amide bonds. The van der Waals surface area contributed by atoms with Crippen LogP contribution in [0.4, 0.5) is 11.5 Å². The van der Waals surface area contributed by atoms with E-state index < -0.39 is 12.0 Å². The van der Waals surface area contributed by atoms with Crippen LogP contribution in [0, 0.1) is 0 Å². The second kappa shape index (κ2) is 7.63. The predicted octanol–water partition coefficient (Wildman–Crippen LogP) is 3.85. The predicted molar refractivity (Wildman–Crippen MR) is 128 cm³/mol. The summed E-state index contributed by atoms with van der Waals surface area (Å²) in [6, 6.07) is 10.1. The highest BCUT2D eigenvalue weighted by Gasteiger charge is 2.55. The molecule has 1 aromatic carbocycles. The molecule has 2 saturated heterocycles. The summed E-state index contributed by atoms with van der Waals surface area (Å²) in [5.74, 6) is -0.264. The average molecular weight is 511 g/mol. The third kappa shape index (κ3) is 3.63. The van der Waals surface area contributed by atoms with Crippen molar-refractivity contribution in [3.63, 3.8) is 0 Å². The lowest BCUT2D eigenvalue weighted by atomic mass is 10.1. The summed E-state index contributed by atoms with van der Waals surface area (Å²) in [7, 11) is 0. The van der Waals surface area contributed by atoms with Gasteiger partial charge in [-0.05, 0) is 54.0 Å². The van der Waals surface area contributed by atoms with Crippen LogP contribution in [-0.4, -0.2) is 50.2 Å². The molecule has 4 atom stereocenters. The molecule has 3 aromatic heterocycles. The van der Waals surface area contributed by atoms with Crippen molar-refractivity contribution in [2.75, 3.05) is 17.6 Å².